The summed E-state index contributed by atoms with van der Waals surface area (Å²) >= 11 is 0. The second kappa shape index (κ2) is 6.35. The van der Waals surface area contributed by atoms with Crippen LogP contribution in [0.1, 0.15) is 0 Å². The number of hydrogen-bond donors (Lipinski definition) is 1. The molecular formula is C15H13FN2. The maximum absolute atomic E-state index is 12.5. The molecule has 0 aliphatic carbocycles. The van der Waals surface area contributed by atoms with Gasteiger partial charge < -0.3 is 4.98 Å². The van der Waals surface area contributed by atoms with Crippen LogP contribution in [0.15, 0.2) is 73.3 Å². The van der Waals surface area contributed by atoms with Gasteiger partial charge in [-0.3, -0.25) is 4.98 Å². The third-order valence-electron chi connectivity index (χ3n) is 2.34. The summed E-state index contributed by atoms with van der Waals surface area (Å²) in [4.78, 5) is 6.73. The zero-order valence-electron chi connectivity index (χ0n) is 9.75. The topological polar surface area (TPSA) is 28.7 Å². The van der Waals surface area contributed by atoms with Gasteiger partial charge in [0.15, 0.2) is 0 Å². The van der Waals surface area contributed by atoms with Crippen LogP contribution in [0.5, 0.6) is 0 Å². The molecule has 0 radical (unpaired) electrons. The SMILES string of the molecule is Fc1ccc(-c2cc[nH]c2)cc1.c1ccncc1. The number of halogens is 1. The highest BCUT2D eigenvalue weighted by molar-refractivity contribution is 5.62. The van der Waals surface area contributed by atoms with Crippen LogP contribution in [-0.4, -0.2) is 9.97 Å². The van der Waals surface area contributed by atoms with Crippen LogP contribution in [0.2, 0.25) is 0 Å². The highest BCUT2D eigenvalue weighted by atomic mass is 19.1. The Bertz CT molecular complexity index is 518. The largest absolute Gasteiger partial charge is 0.367 e. The average molecular weight is 240 g/mol. The zero-order valence-corrected chi connectivity index (χ0v) is 9.75. The van der Waals surface area contributed by atoms with E-state index in [0.717, 1.165) is 11.1 Å². The minimum atomic E-state index is -0.200. The van der Waals surface area contributed by atoms with Gasteiger partial charge in [-0.15, -0.1) is 0 Å². The van der Waals surface area contributed by atoms with Crippen molar-refractivity contribution >= 4 is 0 Å². The normalized spacial score (nSPS) is 9.39. The lowest BCUT2D eigenvalue weighted by atomic mass is 10.1. The Morgan fingerprint density at radius 2 is 1.56 bits per heavy atom. The number of nitrogens with one attached hydrogen (secondary N) is 1. The van der Waals surface area contributed by atoms with Gasteiger partial charge in [-0.2, -0.15) is 0 Å². The minimum Gasteiger partial charge on any atom is -0.367 e. The molecule has 3 heteroatoms. The molecule has 18 heavy (non-hydrogen) atoms. The predicted molar refractivity (Wildman–Crippen MR) is 70.4 cm³/mol. The van der Waals surface area contributed by atoms with Gasteiger partial charge in [0, 0.05) is 24.8 Å². The van der Waals surface area contributed by atoms with E-state index in [1.54, 1.807) is 24.5 Å². The summed E-state index contributed by atoms with van der Waals surface area (Å²) in [5.41, 5.74) is 2.10. The van der Waals surface area contributed by atoms with Crippen molar-refractivity contribution in [3.05, 3.63) is 79.1 Å². The van der Waals surface area contributed by atoms with Crippen LogP contribution in [0.3, 0.4) is 0 Å². The monoisotopic (exact) mass is 240 g/mol. The molecule has 0 aliphatic rings. The molecule has 90 valence electrons. The van der Waals surface area contributed by atoms with Crippen molar-refractivity contribution in [3.63, 3.8) is 0 Å². The van der Waals surface area contributed by atoms with Crippen LogP contribution in [-0.2, 0) is 0 Å². The molecule has 1 aromatic carbocycles. The highest BCUT2D eigenvalue weighted by Gasteiger charge is 1.96. The molecule has 0 unspecified atom stereocenters. The van der Waals surface area contributed by atoms with Gasteiger partial charge in [0.1, 0.15) is 5.82 Å². The van der Waals surface area contributed by atoms with E-state index in [9.17, 15) is 4.39 Å². The second-order valence-corrected chi connectivity index (χ2v) is 3.63. The van der Waals surface area contributed by atoms with E-state index in [0.29, 0.717) is 0 Å². The van der Waals surface area contributed by atoms with Crippen molar-refractivity contribution in [3.8, 4) is 11.1 Å². The molecule has 0 aliphatic heterocycles. The number of pyridine rings is 1. The summed E-state index contributed by atoms with van der Waals surface area (Å²) < 4.78 is 12.5. The van der Waals surface area contributed by atoms with Crippen LogP contribution in [0, 0.1) is 5.82 Å². The number of aromatic amines is 1. The molecule has 1 N–H and O–H groups in total. The number of H-pyrrole nitrogens is 1. The van der Waals surface area contributed by atoms with Crippen LogP contribution in [0.25, 0.3) is 11.1 Å². The Kier molecular flexibility index (Phi) is 4.25. The van der Waals surface area contributed by atoms with Crippen molar-refractivity contribution < 1.29 is 4.39 Å². The molecule has 0 bridgehead atoms. The summed E-state index contributed by atoms with van der Waals surface area (Å²) in [5, 5.41) is 0. The third kappa shape index (κ3) is 3.56. The lowest BCUT2D eigenvalue weighted by Gasteiger charge is -1.95. The maximum Gasteiger partial charge on any atom is 0.123 e. The minimum absolute atomic E-state index is 0.200. The first kappa shape index (κ1) is 12.0. The fourth-order valence-corrected chi connectivity index (χ4v) is 1.46. The lowest BCUT2D eigenvalue weighted by molar-refractivity contribution is 0.628. The molecule has 2 heterocycles. The quantitative estimate of drug-likeness (QED) is 0.686. The molecule has 3 aromatic rings. The van der Waals surface area contributed by atoms with Crippen molar-refractivity contribution in [1.29, 1.82) is 0 Å². The number of rotatable bonds is 1. The molecule has 0 amide bonds. The first-order valence-corrected chi connectivity index (χ1v) is 5.60. The Morgan fingerprint density at radius 3 is 2.00 bits per heavy atom. The molecule has 2 aromatic heterocycles. The smallest absolute Gasteiger partial charge is 0.123 e. The number of aromatic nitrogens is 2. The van der Waals surface area contributed by atoms with Crippen LogP contribution in [0.4, 0.5) is 4.39 Å². The zero-order chi connectivity index (χ0) is 12.6. The molecule has 2 nitrogen and oxygen atoms in total. The Hall–Kier alpha value is -2.42. The molecule has 0 saturated carbocycles. The van der Waals surface area contributed by atoms with Gasteiger partial charge >= 0.3 is 0 Å². The molecule has 0 saturated heterocycles. The fraction of sp³-hybridized carbons (Fsp3) is 0. The van der Waals surface area contributed by atoms with Crippen LogP contribution < -0.4 is 0 Å². The number of benzene rings is 1. The van der Waals surface area contributed by atoms with E-state index in [1.807, 2.05) is 36.7 Å². The van der Waals surface area contributed by atoms with Crippen molar-refractivity contribution in [1.82, 2.24) is 9.97 Å². The molecule has 3 rings (SSSR count). The molecule has 0 spiro atoms. The van der Waals surface area contributed by atoms with E-state index in [-0.39, 0.29) is 5.82 Å². The van der Waals surface area contributed by atoms with Gasteiger partial charge in [0.05, 0.1) is 0 Å². The second-order valence-electron chi connectivity index (χ2n) is 3.63. The maximum atomic E-state index is 12.5. The Balaban J connectivity index is 0.000000169. The summed E-state index contributed by atoms with van der Waals surface area (Å²) in [7, 11) is 0. The summed E-state index contributed by atoms with van der Waals surface area (Å²) in [6.45, 7) is 0. The fourth-order valence-electron chi connectivity index (χ4n) is 1.46. The van der Waals surface area contributed by atoms with Gasteiger partial charge in [-0.05, 0) is 41.5 Å². The molecular weight excluding hydrogens is 227 g/mol. The first-order valence-electron chi connectivity index (χ1n) is 5.60. The van der Waals surface area contributed by atoms with Gasteiger partial charge in [-0.1, -0.05) is 18.2 Å². The molecule has 0 atom stereocenters. The summed E-state index contributed by atoms with van der Waals surface area (Å²) in [6.07, 6.45) is 7.23. The van der Waals surface area contributed by atoms with Gasteiger partial charge in [0.25, 0.3) is 0 Å². The van der Waals surface area contributed by atoms with E-state index >= 15 is 0 Å². The number of nitrogens with zero attached hydrogens (tertiary/aromatic N) is 1. The highest BCUT2D eigenvalue weighted by Crippen LogP contribution is 2.17. The predicted octanol–water partition coefficient (Wildman–Crippen LogP) is 3.90. The summed E-state index contributed by atoms with van der Waals surface area (Å²) in [5.74, 6) is -0.200. The van der Waals surface area contributed by atoms with Crippen molar-refractivity contribution in [2.45, 2.75) is 0 Å². The van der Waals surface area contributed by atoms with Crippen LogP contribution >= 0.6 is 0 Å². The van der Waals surface area contributed by atoms with E-state index in [2.05, 4.69) is 9.97 Å². The van der Waals surface area contributed by atoms with Crippen molar-refractivity contribution in [2.75, 3.05) is 0 Å². The summed E-state index contributed by atoms with van der Waals surface area (Å²) in [6, 6.07) is 14.1. The molecule has 0 fully saturated rings. The standard InChI is InChI=1S/C10H8FN.C5H5N/c11-10-3-1-8(2-4-10)9-5-6-12-7-9;1-2-4-6-5-3-1/h1-7,12H;1-5H. The Morgan fingerprint density at radius 1 is 0.833 bits per heavy atom. The lowest BCUT2D eigenvalue weighted by Crippen LogP contribution is -1.74. The van der Waals surface area contributed by atoms with E-state index in [4.69, 9.17) is 0 Å². The van der Waals surface area contributed by atoms with Gasteiger partial charge in [-0.25, -0.2) is 4.39 Å². The number of hydrogen-bond acceptors (Lipinski definition) is 1. The Labute approximate surface area is 105 Å². The van der Waals surface area contributed by atoms with Gasteiger partial charge in [0.2, 0.25) is 0 Å². The van der Waals surface area contributed by atoms with E-state index in [1.165, 1.54) is 12.1 Å². The third-order valence-corrected chi connectivity index (χ3v) is 2.34. The van der Waals surface area contributed by atoms with Crippen molar-refractivity contribution in [2.24, 2.45) is 0 Å². The first-order chi connectivity index (χ1) is 8.86. The average Bonchev–Trinajstić information content (AvgIpc) is 2.96. The van der Waals surface area contributed by atoms with E-state index < -0.39 is 0 Å².